The number of nitrogens with one attached hydrogen (secondary N) is 1. The van der Waals surface area contributed by atoms with Crippen LogP contribution in [0.4, 0.5) is 5.69 Å². The zero-order valence-electron chi connectivity index (χ0n) is 16.1. The van der Waals surface area contributed by atoms with Crippen molar-refractivity contribution in [2.24, 2.45) is 0 Å². The predicted octanol–water partition coefficient (Wildman–Crippen LogP) is 4.28. The Balaban J connectivity index is 2.03. The number of carbonyl (C=O) groups is 1. The second-order valence-corrected chi connectivity index (χ2v) is 7.22. The fourth-order valence-corrected chi connectivity index (χ4v) is 2.61. The van der Waals surface area contributed by atoms with Crippen LogP contribution in [0.1, 0.15) is 38.3 Å². The van der Waals surface area contributed by atoms with E-state index in [2.05, 4.69) is 26.1 Å². The molecular weight excluding hydrogens is 330 g/mol. The number of aromatic hydroxyl groups is 1. The highest BCUT2D eigenvalue weighted by Gasteiger charge is 2.16. The number of benzene rings is 2. The highest BCUT2D eigenvalue weighted by atomic mass is 16.5. The molecule has 0 atom stereocenters. The number of ether oxygens (including phenoxy) is 2. The minimum atomic E-state index is -0.152. The van der Waals surface area contributed by atoms with Crippen molar-refractivity contribution in [3.8, 4) is 17.2 Å². The van der Waals surface area contributed by atoms with Crippen molar-refractivity contribution < 1.29 is 19.4 Å². The van der Waals surface area contributed by atoms with Crippen molar-refractivity contribution in [1.82, 2.24) is 0 Å². The number of phenols is 1. The number of phenolic OH excluding ortho intramolecular Hbond substituents is 1. The van der Waals surface area contributed by atoms with Gasteiger partial charge in [0, 0.05) is 6.42 Å². The summed E-state index contributed by atoms with van der Waals surface area (Å²) < 4.78 is 10.5. The lowest BCUT2D eigenvalue weighted by molar-refractivity contribution is -0.116. The fraction of sp³-hybridized carbons (Fsp3) is 0.381. The first kappa shape index (κ1) is 19.6. The summed E-state index contributed by atoms with van der Waals surface area (Å²) in [6, 6.07) is 10.9. The third kappa shape index (κ3) is 4.91. The van der Waals surface area contributed by atoms with Crippen LogP contribution in [-0.4, -0.2) is 25.2 Å². The van der Waals surface area contributed by atoms with E-state index in [1.54, 1.807) is 20.3 Å². The lowest BCUT2D eigenvalue weighted by Gasteiger charge is -2.20. The van der Waals surface area contributed by atoms with Crippen LogP contribution in [0.15, 0.2) is 36.4 Å². The Hall–Kier alpha value is -2.69. The topological polar surface area (TPSA) is 67.8 Å². The standard InChI is InChI=1S/C21H27NO4/c1-21(2,3)15-8-9-17(23)16(13-15)22-20(24)11-7-14-6-10-18(25-4)19(12-14)26-5/h6,8-10,12-13,23H,7,11H2,1-5H3,(H,22,24). The van der Waals surface area contributed by atoms with Gasteiger partial charge in [-0.2, -0.15) is 0 Å². The van der Waals surface area contributed by atoms with Gasteiger partial charge in [-0.3, -0.25) is 4.79 Å². The van der Waals surface area contributed by atoms with E-state index >= 15 is 0 Å². The van der Waals surface area contributed by atoms with Crippen LogP contribution in [0.5, 0.6) is 17.2 Å². The van der Waals surface area contributed by atoms with Crippen molar-refractivity contribution >= 4 is 11.6 Å². The Labute approximate surface area is 155 Å². The quantitative estimate of drug-likeness (QED) is 0.757. The third-order valence-electron chi connectivity index (χ3n) is 4.23. The van der Waals surface area contributed by atoms with Crippen LogP contribution in [0.2, 0.25) is 0 Å². The molecule has 0 heterocycles. The molecule has 26 heavy (non-hydrogen) atoms. The minimum Gasteiger partial charge on any atom is -0.506 e. The number of aryl methyl sites for hydroxylation is 1. The molecule has 0 aliphatic carbocycles. The SMILES string of the molecule is COc1ccc(CCC(=O)Nc2cc(C(C)(C)C)ccc2O)cc1OC. The average molecular weight is 357 g/mol. The van der Waals surface area contributed by atoms with Crippen molar-refractivity contribution in [3.05, 3.63) is 47.5 Å². The first-order valence-corrected chi connectivity index (χ1v) is 8.59. The minimum absolute atomic E-state index is 0.0627. The zero-order valence-corrected chi connectivity index (χ0v) is 16.1. The maximum atomic E-state index is 12.3. The average Bonchev–Trinajstić information content (AvgIpc) is 2.60. The molecule has 140 valence electrons. The summed E-state index contributed by atoms with van der Waals surface area (Å²) in [5.74, 6) is 1.21. The zero-order chi connectivity index (χ0) is 19.3. The van der Waals surface area contributed by atoms with Gasteiger partial charge in [0.15, 0.2) is 11.5 Å². The summed E-state index contributed by atoms with van der Waals surface area (Å²) in [5.41, 5.74) is 2.40. The molecule has 0 bridgehead atoms. The van der Waals surface area contributed by atoms with E-state index in [9.17, 15) is 9.90 Å². The van der Waals surface area contributed by atoms with Crippen LogP contribution in [0.3, 0.4) is 0 Å². The van der Waals surface area contributed by atoms with Gasteiger partial charge in [0.1, 0.15) is 5.75 Å². The molecule has 0 aromatic heterocycles. The molecule has 1 amide bonds. The van der Waals surface area contributed by atoms with Gasteiger partial charge in [0.05, 0.1) is 19.9 Å². The third-order valence-corrected chi connectivity index (χ3v) is 4.23. The number of hydrogen-bond acceptors (Lipinski definition) is 4. The predicted molar refractivity (Wildman–Crippen MR) is 103 cm³/mol. The lowest BCUT2D eigenvalue weighted by Crippen LogP contribution is -2.15. The molecule has 5 heteroatoms. The van der Waals surface area contributed by atoms with Gasteiger partial charge in [0.2, 0.25) is 5.91 Å². The molecule has 0 saturated heterocycles. The Morgan fingerprint density at radius 2 is 1.73 bits per heavy atom. The Bertz CT molecular complexity index is 778. The molecule has 2 aromatic carbocycles. The molecule has 0 saturated carbocycles. The van der Waals surface area contributed by atoms with Gasteiger partial charge >= 0.3 is 0 Å². The normalized spacial score (nSPS) is 11.1. The largest absolute Gasteiger partial charge is 0.506 e. The van der Waals surface area contributed by atoms with Crippen LogP contribution in [0.25, 0.3) is 0 Å². The molecule has 0 radical (unpaired) electrons. The van der Waals surface area contributed by atoms with E-state index in [4.69, 9.17) is 9.47 Å². The summed E-state index contributed by atoms with van der Waals surface area (Å²) in [4.78, 5) is 12.3. The van der Waals surface area contributed by atoms with Gasteiger partial charge in [0.25, 0.3) is 0 Å². The van der Waals surface area contributed by atoms with Crippen LogP contribution < -0.4 is 14.8 Å². The van der Waals surface area contributed by atoms with Gasteiger partial charge in [-0.25, -0.2) is 0 Å². The van der Waals surface area contributed by atoms with Crippen LogP contribution >= 0.6 is 0 Å². The summed E-state index contributed by atoms with van der Waals surface area (Å²) >= 11 is 0. The number of carbonyl (C=O) groups excluding carboxylic acids is 1. The number of anilines is 1. The Morgan fingerprint density at radius 1 is 1.04 bits per heavy atom. The molecular formula is C21H27NO4. The lowest BCUT2D eigenvalue weighted by atomic mass is 9.87. The van der Waals surface area contributed by atoms with E-state index in [-0.39, 0.29) is 17.1 Å². The van der Waals surface area contributed by atoms with E-state index in [1.807, 2.05) is 30.3 Å². The van der Waals surface area contributed by atoms with E-state index in [1.165, 1.54) is 0 Å². The molecule has 0 unspecified atom stereocenters. The fourth-order valence-electron chi connectivity index (χ4n) is 2.61. The Morgan fingerprint density at radius 3 is 2.35 bits per heavy atom. The van der Waals surface area contributed by atoms with Crippen molar-refractivity contribution in [1.29, 1.82) is 0 Å². The highest BCUT2D eigenvalue weighted by Crippen LogP contribution is 2.31. The molecule has 0 aliphatic rings. The first-order chi connectivity index (χ1) is 12.2. The van der Waals surface area contributed by atoms with Crippen LogP contribution in [0, 0.1) is 0 Å². The molecule has 2 N–H and O–H groups in total. The van der Waals surface area contributed by atoms with Gasteiger partial charge in [-0.15, -0.1) is 0 Å². The number of methoxy groups -OCH3 is 2. The van der Waals surface area contributed by atoms with E-state index in [0.717, 1.165) is 11.1 Å². The van der Waals surface area contributed by atoms with Gasteiger partial charge in [-0.1, -0.05) is 32.9 Å². The van der Waals surface area contributed by atoms with E-state index in [0.29, 0.717) is 30.0 Å². The molecule has 5 nitrogen and oxygen atoms in total. The molecule has 0 spiro atoms. The maximum absolute atomic E-state index is 12.3. The highest BCUT2D eigenvalue weighted by molar-refractivity contribution is 5.92. The first-order valence-electron chi connectivity index (χ1n) is 8.59. The number of hydrogen-bond donors (Lipinski definition) is 2. The maximum Gasteiger partial charge on any atom is 0.224 e. The molecule has 2 rings (SSSR count). The van der Waals surface area contributed by atoms with Crippen molar-refractivity contribution in [2.75, 3.05) is 19.5 Å². The summed E-state index contributed by atoms with van der Waals surface area (Å²) in [6.45, 7) is 6.26. The molecule has 0 fully saturated rings. The molecule has 0 aliphatic heterocycles. The smallest absolute Gasteiger partial charge is 0.224 e. The monoisotopic (exact) mass is 357 g/mol. The van der Waals surface area contributed by atoms with E-state index < -0.39 is 0 Å². The van der Waals surface area contributed by atoms with Crippen molar-refractivity contribution in [2.45, 2.75) is 39.0 Å². The second kappa shape index (κ2) is 8.13. The second-order valence-electron chi connectivity index (χ2n) is 7.22. The number of rotatable bonds is 6. The number of amides is 1. The summed E-state index contributed by atoms with van der Waals surface area (Å²) in [5, 5.41) is 12.8. The summed E-state index contributed by atoms with van der Waals surface area (Å²) in [6.07, 6.45) is 0.862. The van der Waals surface area contributed by atoms with Gasteiger partial charge in [-0.05, 0) is 47.2 Å². The van der Waals surface area contributed by atoms with Crippen LogP contribution in [-0.2, 0) is 16.6 Å². The molecule has 2 aromatic rings. The van der Waals surface area contributed by atoms with Crippen molar-refractivity contribution in [3.63, 3.8) is 0 Å². The van der Waals surface area contributed by atoms with Gasteiger partial charge < -0.3 is 19.9 Å². The Kier molecular flexibility index (Phi) is 6.14. The summed E-state index contributed by atoms with van der Waals surface area (Å²) in [7, 11) is 3.17.